The Morgan fingerprint density at radius 3 is 2.41 bits per heavy atom. The molecule has 0 radical (unpaired) electrons. The molecule has 0 aliphatic heterocycles. The van der Waals surface area contributed by atoms with Crippen LogP contribution >= 0.6 is 11.8 Å². The van der Waals surface area contributed by atoms with Crippen molar-refractivity contribution in [3.8, 4) is 5.75 Å². The molecule has 2 rings (SSSR count). The summed E-state index contributed by atoms with van der Waals surface area (Å²) in [4.78, 5) is 1.18. The second kappa shape index (κ2) is 5.28. The Bertz CT molecular complexity index is 503. The lowest BCUT2D eigenvalue weighted by atomic mass is 10.1. The lowest BCUT2D eigenvalue weighted by Crippen LogP contribution is -1.87. The Labute approximate surface area is 107 Å². The van der Waals surface area contributed by atoms with Gasteiger partial charge >= 0.3 is 0 Å². The van der Waals surface area contributed by atoms with Gasteiger partial charge in [0, 0.05) is 10.6 Å². The second-order valence-corrected chi connectivity index (χ2v) is 5.26. The minimum atomic E-state index is 0.320. The maximum Gasteiger partial charge on any atom is 0.115 e. The van der Waals surface area contributed by atoms with Crippen molar-refractivity contribution in [2.24, 2.45) is 0 Å². The fourth-order valence-electron chi connectivity index (χ4n) is 1.66. The lowest BCUT2D eigenvalue weighted by molar-refractivity contribution is 0.475. The zero-order valence-corrected chi connectivity index (χ0v) is 10.9. The van der Waals surface area contributed by atoms with Gasteiger partial charge in [0.15, 0.2) is 0 Å². The van der Waals surface area contributed by atoms with Crippen LogP contribution in [0.15, 0.2) is 47.4 Å². The highest BCUT2D eigenvalue weighted by Gasteiger charge is 2.00. The molecule has 0 atom stereocenters. The maximum absolute atomic E-state index is 9.21. The van der Waals surface area contributed by atoms with E-state index in [1.807, 2.05) is 12.1 Å². The number of phenolic OH excluding ortho intramolecular Hbond substituents is 1. The first kappa shape index (κ1) is 12.1. The summed E-state index contributed by atoms with van der Waals surface area (Å²) in [5.41, 5.74) is 4.02. The van der Waals surface area contributed by atoms with Crippen LogP contribution < -0.4 is 0 Å². The molecular formula is C15H16OS. The molecule has 2 heteroatoms. The smallest absolute Gasteiger partial charge is 0.115 e. The van der Waals surface area contributed by atoms with E-state index in [-0.39, 0.29) is 0 Å². The Kier molecular flexibility index (Phi) is 3.75. The van der Waals surface area contributed by atoms with Crippen LogP contribution in [0, 0.1) is 13.8 Å². The number of hydrogen-bond donors (Lipinski definition) is 1. The highest BCUT2D eigenvalue weighted by Crippen LogP contribution is 2.26. The van der Waals surface area contributed by atoms with E-state index in [9.17, 15) is 5.11 Å². The van der Waals surface area contributed by atoms with Crippen molar-refractivity contribution in [3.05, 3.63) is 59.2 Å². The number of aromatic hydroxyl groups is 1. The zero-order valence-electron chi connectivity index (χ0n) is 10.1. The van der Waals surface area contributed by atoms with Crippen LogP contribution in [-0.2, 0) is 5.75 Å². The Balaban J connectivity index is 2.07. The second-order valence-electron chi connectivity index (χ2n) is 4.21. The largest absolute Gasteiger partial charge is 0.508 e. The summed E-state index contributed by atoms with van der Waals surface area (Å²) >= 11 is 1.79. The third-order valence-corrected chi connectivity index (χ3v) is 3.80. The molecular weight excluding hydrogens is 228 g/mol. The molecule has 0 amide bonds. The standard InChI is InChI=1S/C15H16OS/c1-11-3-4-12(2)13(9-11)10-17-15-7-5-14(16)6-8-15/h3-9,16H,10H2,1-2H3. The molecule has 0 bridgehead atoms. The summed E-state index contributed by atoms with van der Waals surface area (Å²) in [6.45, 7) is 4.26. The van der Waals surface area contributed by atoms with Gasteiger partial charge in [0.25, 0.3) is 0 Å². The molecule has 0 saturated heterocycles. The minimum absolute atomic E-state index is 0.320. The number of thioether (sulfide) groups is 1. The molecule has 0 saturated carbocycles. The lowest BCUT2D eigenvalue weighted by Gasteiger charge is -2.07. The molecule has 0 heterocycles. The van der Waals surface area contributed by atoms with Crippen LogP contribution in [0.3, 0.4) is 0 Å². The van der Waals surface area contributed by atoms with Crippen molar-refractivity contribution < 1.29 is 5.11 Å². The van der Waals surface area contributed by atoms with E-state index >= 15 is 0 Å². The number of rotatable bonds is 3. The normalized spacial score (nSPS) is 10.5. The number of phenols is 1. The molecule has 1 nitrogen and oxygen atoms in total. The van der Waals surface area contributed by atoms with E-state index < -0.39 is 0 Å². The molecule has 0 unspecified atom stereocenters. The topological polar surface area (TPSA) is 20.2 Å². The van der Waals surface area contributed by atoms with Gasteiger partial charge in [-0.2, -0.15) is 0 Å². The Hall–Kier alpha value is -1.41. The van der Waals surface area contributed by atoms with Crippen LogP contribution in [0.25, 0.3) is 0 Å². The van der Waals surface area contributed by atoms with Gasteiger partial charge in [0.05, 0.1) is 0 Å². The zero-order chi connectivity index (χ0) is 12.3. The first-order valence-corrected chi connectivity index (χ1v) is 6.61. The number of aryl methyl sites for hydroxylation is 2. The number of hydrogen-bond acceptors (Lipinski definition) is 2. The fourth-order valence-corrected chi connectivity index (χ4v) is 2.62. The van der Waals surface area contributed by atoms with Crippen LogP contribution in [0.1, 0.15) is 16.7 Å². The molecule has 0 fully saturated rings. The average molecular weight is 244 g/mol. The summed E-state index contributed by atoms with van der Waals surface area (Å²) in [5, 5.41) is 9.21. The summed E-state index contributed by atoms with van der Waals surface area (Å²) in [7, 11) is 0. The third-order valence-electron chi connectivity index (χ3n) is 2.74. The van der Waals surface area contributed by atoms with Crippen LogP contribution in [-0.4, -0.2) is 5.11 Å². The van der Waals surface area contributed by atoms with E-state index in [0.717, 1.165) is 5.75 Å². The molecule has 17 heavy (non-hydrogen) atoms. The number of benzene rings is 2. The van der Waals surface area contributed by atoms with Gasteiger partial charge in [-0.25, -0.2) is 0 Å². The molecule has 0 aliphatic rings. The van der Waals surface area contributed by atoms with E-state index in [4.69, 9.17) is 0 Å². The van der Waals surface area contributed by atoms with Gasteiger partial charge in [-0.1, -0.05) is 23.8 Å². The summed E-state index contributed by atoms with van der Waals surface area (Å²) in [6.07, 6.45) is 0. The van der Waals surface area contributed by atoms with Gasteiger partial charge in [-0.15, -0.1) is 11.8 Å². The fraction of sp³-hybridized carbons (Fsp3) is 0.200. The van der Waals surface area contributed by atoms with Gasteiger partial charge in [0.2, 0.25) is 0 Å². The van der Waals surface area contributed by atoms with E-state index in [0.29, 0.717) is 5.75 Å². The molecule has 0 aromatic heterocycles. The average Bonchev–Trinajstić information content (AvgIpc) is 2.32. The Morgan fingerprint density at radius 1 is 1.00 bits per heavy atom. The molecule has 2 aromatic rings. The first-order valence-electron chi connectivity index (χ1n) is 5.63. The van der Waals surface area contributed by atoms with Crippen molar-refractivity contribution in [1.82, 2.24) is 0 Å². The van der Waals surface area contributed by atoms with Gasteiger partial charge in [-0.05, 0) is 49.2 Å². The summed E-state index contributed by atoms with van der Waals surface area (Å²) in [6, 6.07) is 13.9. The first-order chi connectivity index (χ1) is 8.15. The van der Waals surface area contributed by atoms with E-state index in [1.165, 1.54) is 21.6 Å². The van der Waals surface area contributed by atoms with Crippen molar-refractivity contribution in [2.45, 2.75) is 24.5 Å². The maximum atomic E-state index is 9.21. The third kappa shape index (κ3) is 3.27. The SMILES string of the molecule is Cc1ccc(C)c(CSc2ccc(O)cc2)c1. The van der Waals surface area contributed by atoms with Crippen molar-refractivity contribution in [3.63, 3.8) is 0 Å². The molecule has 2 aromatic carbocycles. The van der Waals surface area contributed by atoms with Crippen molar-refractivity contribution in [2.75, 3.05) is 0 Å². The van der Waals surface area contributed by atoms with Gasteiger partial charge in [0.1, 0.15) is 5.75 Å². The highest BCUT2D eigenvalue weighted by molar-refractivity contribution is 7.98. The monoisotopic (exact) mass is 244 g/mol. The van der Waals surface area contributed by atoms with Crippen LogP contribution in [0.5, 0.6) is 5.75 Å². The highest BCUT2D eigenvalue weighted by atomic mass is 32.2. The molecule has 1 N–H and O–H groups in total. The minimum Gasteiger partial charge on any atom is -0.508 e. The predicted molar refractivity (Wildman–Crippen MR) is 73.6 cm³/mol. The summed E-state index contributed by atoms with van der Waals surface area (Å²) < 4.78 is 0. The quantitative estimate of drug-likeness (QED) is 0.812. The van der Waals surface area contributed by atoms with E-state index in [2.05, 4.69) is 32.0 Å². The van der Waals surface area contributed by atoms with Gasteiger partial charge < -0.3 is 5.11 Å². The summed E-state index contributed by atoms with van der Waals surface area (Å²) in [5.74, 6) is 1.29. The van der Waals surface area contributed by atoms with Crippen molar-refractivity contribution in [1.29, 1.82) is 0 Å². The molecule has 88 valence electrons. The van der Waals surface area contributed by atoms with Gasteiger partial charge in [-0.3, -0.25) is 0 Å². The molecule has 0 spiro atoms. The Morgan fingerprint density at radius 2 is 1.71 bits per heavy atom. The van der Waals surface area contributed by atoms with Crippen LogP contribution in [0.2, 0.25) is 0 Å². The van der Waals surface area contributed by atoms with Crippen LogP contribution in [0.4, 0.5) is 0 Å². The van der Waals surface area contributed by atoms with E-state index in [1.54, 1.807) is 23.9 Å². The van der Waals surface area contributed by atoms with Crippen molar-refractivity contribution >= 4 is 11.8 Å². The predicted octanol–water partition coefficient (Wildman–Crippen LogP) is 4.30. The molecule has 0 aliphatic carbocycles.